The summed E-state index contributed by atoms with van der Waals surface area (Å²) >= 11 is 2.31. The van der Waals surface area contributed by atoms with Crippen molar-refractivity contribution in [3.8, 4) is 0 Å². The molecular formula is C13H21IO4S. The van der Waals surface area contributed by atoms with Gasteiger partial charge in [-0.3, -0.25) is 4.18 Å². The molecule has 0 N–H and O–H groups in total. The maximum absolute atomic E-state index is 12.0. The van der Waals surface area contributed by atoms with Gasteiger partial charge in [-0.2, -0.15) is 8.42 Å². The summed E-state index contributed by atoms with van der Waals surface area (Å²) in [6.07, 6.45) is 2.49. The van der Waals surface area contributed by atoms with Gasteiger partial charge in [-0.1, -0.05) is 43.4 Å². The van der Waals surface area contributed by atoms with Crippen molar-refractivity contribution in [1.82, 2.24) is 0 Å². The molecule has 0 spiro atoms. The zero-order chi connectivity index (χ0) is 14.0. The highest BCUT2D eigenvalue weighted by Gasteiger charge is 2.61. The molecular weight excluding hydrogens is 379 g/mol. The molecule has 110 valence electrons. The number of halogens is 1. The molecule has 19 heavy (non-hydrogen) atoms. The van der Waals surface area contributed by atoms with E-state index in [-0.39, 0.29) is 32.9 Å². The number of hydrogen-bond donors (Lipinski definition) is 0. The van der Waals surface area contributed by atoms with Crippen LogP contribution in [0, 0.1) is 17.3 Å². The molecule has 4 bridgehead atoms. The van der Waals surface area contributed by atoms with E-state index in [0.29, 0.717) is 5.92 Å². The summed E-state index contributed by atoms with van der Waals surface area (Å²) in [5, 5.41) is -0.265. The third-order valence-corrected chi connectivity index (χ3v) is 8.60. The van der Waals surface area contributed by atoms with Crippen LogP contribution >= 0.6 is 22.6 Å². The average Bonchev–Trinajstić information content (AvgIpc) is 2.51. The van der Waals surface area contributed by atoms with Gasteiger partial charge in [0.25, 0.3) is 10.1 Å². The van der Waals surface area contributed by atoms with Crippen molar-refractivity contribution in [2.24, 2.45) is 17.3 Å². The van der Waals surface area contributed by atoms with Crippen LogP contribution in [0.5, 0.6) is 0 Å². The van der Waals surface area contributed by atoms with E-state index in [2.05, 4.69) is 43.4 Å². The van der Waals surface area contributed by atoms with E-state index in [9.17, 15) is 8.42 Å². The third-order valence-electron chi connectivity index (χ3n) is 4.67. The fourth-order valence-corrected chi connectivity index (χ4v) is 5.83. The Labute approximate surface area is 128 Å². The minimum atomic E-state index is -3.34. The number of ether oxygens (including phenoxy) is 1. The summed E-state index contributed by atoms with van der Waals surface area (Å²) < 4.78 is 35.6. The van der Waals surface area contributed by atoms with Gasteiger partial charge in [-0.15, -0.1) is 0 Å². The average molecular weight is 400 g/mol. The molecule has 6 heteroatoms. The topological polar surface area (TPSA) is 52.6 Å². The summed E-state index contributed by atoms with van der Waals surface area (Å²) in [4.78, 5) is 0. The van der Waals surface area contributed by atoms with Gasteiger partial charge in [0.05, 0.1) is 11.4 Å². The van der Waals surface area contributed by atoms with Crippen LogP contribution in [0.25, 0.3) is 0 Å². The zero-order valence-electron chi connectivity index (χ0n) is 11.5. The minimum Gasteiger partial charge on any atom is -0.361 e. The van der Waals surface area contributed by atoms with Crippen molar-refractivity contribution in [2.75, 3.05) is 0 Å². The van der Waals surface area contributed by atoms with E-state index in [1.807, 2.05) is 0 Å². The second-order valence-corrected chi connectivity index (χ2v) is 10.0. The van der Waals surface area contributed by atoms with Crippen LogP contribution in [0.1, 0.15) is 40.0 Å². The molecule has 3 saturated carbocycles. The lowest BCUT2D eigenvalue weighted by molar-refractivity contribution is -0.129. The van der Waals surface area contributed by atoms with E-state index < -0.39 is 10.1 Å². The Bertz CT molecular complexity index is 470. The number of hydrogen-bond acceptors (Lipinski definition) is 4. The second kappa shape index (κ2) is 4.55. The molecule has 1 heterocycles. The smallest absolute Gasteiger partial charge is 0.270 e. The van der Waals surface area contributed by atoms with Gasteiger partial charge in [0.15, 0.2) is 0 Å². The van der Waals surface area contributed by atoms with Gasteiger partial charge in [0, 0.05) is 5.92 Å². The molecule has 4 rings (SSSR count). The first-order valence-corrected chi connectivity index (χ1v) is 9.63. The molecule has 4 aliphatic rings. The van der Waals surface area contributed by atoms with E-state index in [4.69, 9.17) is 8.92 Å². The van der Waals surface area contributed by atoms with Crippen molar-refractivity contribution in [2.45, 2.75) is 61.6 Å². The maximum Gasteiger partial charge on any atom is 0.270 e. The van der Waals surface area contributed by atoms with Gasteiger partial charge in [-0.05, 0) is 30.6 Å². The SMILES string of the molecule is CC(C)(C)C(I)OC1C2CCC3C1OS(=O)(=O)C3C2. The molecule has 0 aromatic heterocycles. The summed E-state index contributed by atoms with van der Waals surface area (Å²) in [7, 11) is -3.34. The highest BCUT2D eigenvalue weighted by atomic mass is 127. The molecule has 0 radical (unpaired) electrons. The van der Waals surface area contributed by atoms with E-state index >= 15 is 0 Å². The van der Waals surface area contributed by atoms with E-state index in [1.54, 1.807) is 0 Å². The van der Waals surface area contributed by atoms with Crippen LogP contribution < -0.4 is 0 Å². The normalized spacial score (nSPS) is 45.4. The van der Waals surface area contributed by atoms with Crippen LogP contribution in [0.3, 0.4) is 0 Å². The highest BCUT2D eigenvalue weighted by molar-refractivity contribution is 14.1. The van der Waals surface area contributed by atoms with Crippen LogP contribution in [-0.2, 0) is 19.0 Å². The van der Waals surface area contributed by atoms with E-state index in [0.717, 1.165) is 19.3 Å². The van der Waals surface area contributed by atoms with Crippen LogP contribution in [-0.4, -0.2) is 30.0 Å². The number of rotatable bonds is 2. The molecule has 0 aromatic rings. The van der Waals surface area contributed by atoms with Crippen molar-refractivity contribution in [1.29, 1.82) is 0 Å². The molecule has 6 atom stereocenters. The van der Waals surface area contributed by atoms with Crippen molar-refractivity contribution in [3.05, 3.63) is 0 Å². The Balaban J connectivity index is 1.82. The predicted octanol–water partition coefficient (Wildman–Crippen LogP) is 2.71. The van der Waals surface area contributed by atoms with Gasteiger partial charge < -0.3 is 4.74 Å². The van der Waals surface area contributed by atoms with Gasteiger partial charge in [-0.25, -0.2) is 0 Å². The lowest BCUT2D eigenvalue weighted by Gasteiger charge is -2.46. The molecule has 3 aliphatic carbocycles. The zero-order valence-corrected chi connectivity index (χ0v) is 14.5. The first-order chi connectivity index (χ1) is 8.70. The quantitative estimate of drug-likeness (QED) is 0.407. The number of fused-ring (bicyclic) bond motifs is 1. The number of alkyl halides is 1. The van der Waals surface area contributed by atoms with Gasteiger partial charge in [0.2, 0.25) is 0 Å². The fraction of sp³-hybridized carbons (Fsp3) is 1.00. The van der Waals surface area contributed by atoms with Crippen LogP contribution in [0.2, 0.25) is 0 Å². The van der Waals surface area contributed by atoms with Gasteiger partial charge in [0.1, 0.15) is 10.2 Å². The first-order valence-electron chi connectivity index (χ1n) is 6.92. The third kappa shape index (κ3) is 2.36. The molecule has 0 aromatic carbocycles. The largest absolute Gasteiger partial charge is 0.361 e. The van der Waals surface area contributed by atoms with Crippen molar-refractivity contribution in [3.63, 3.8) is 0 Å². The Morgan fingerprint density at radius 1 is 1.32 bits per heavy atom. The Morgan fingerprint density at radius 3 is 2.63 bits per heavy atom. The standard InChI is InChI=1S/C13H21IO4S/c1-13(2,3)12(14)17-10-7-4-5-8-9(6-7)19(15,16)18-11(8)10/h7-12H,4-6H2,1-3H3. The van der Waals surface area contributed by atoms with Crippen molar-refractivity contribution >= 4 is 32.7 Å². The van der Waals surface area contributed by atoms with E-state index in [1.165, 1.54) is 0 Å². The molecule has 4 fully saturated rings. The summed E-state index contributed by atoms with van der Waals surface area (Å²) in [6.45, 7) is 6.42. The Morgan fingerprint density at radius 2 is 2.00 bits per heavy atom. The second-order valence-electron chi connectivity index (χ2n) is 7.11. The van der Waals surface area contributed by atoms with Crippen molar-refractivity contribution < 1.29 is 17.3 Å². The highest BCUT2D eigenvalue weighted by Crippen LogP contribution is 2.53. The fourth-order valence-electron chi connectivity index (χ4n) is 3.58. The molecule has 4 nitrogen and oxygen atoms in total. The summed E-state index contributed by atoms with van der Waals surface area (Å²) in [5.41, 5.74) is 0.0497. The molecule has 1 saturated heterocycles. The summed E-state index contributed by atoms with van der Waals surface area (Å²) in [5.74, 6) is 0.500. The molecule has 6 unspecified atom stereocenters. The monoisotopic (exact) mass is 400 g/mol. The molecule has 0 amide bonds. The molecule has 1 aliphatic heterocycles. The lowest BCUT2D eigenvalue weighted by Crippen LogP contribution is -2.52. The first kappa shape index (κ1) is 14.5. The van der Waals surface area contributed by atoms with Gasteiger partial charge >= 0.3 is 0 Å². The summed E-state index contributed by atoms with van der Waals surface area (Å²) in [6, 6.07) is 0. The Hall–Kier alpha value is 0.600. The maximum atomic E-state index is 12.0. The van der Waals surface area contributed by atoms with Crippen LogP contribution in [0.15, 0.2) is 0 Å². The predicted molar refractivity (Wildman–Crippen MR) is 80.5 cm³/mol. The lowest BCUT2D eigenvalue weighted by atomic mass is 9.67. The van der Waals surface area contributed by atoms with Crippen LogP contribution in [0.4, 0.5) is 0 Å². The minimum absolute atomic E-state index is 0.0478. The Kier molecular flexibility index (Phi) is 3.48.